The van der Waals surface area contributed by atoms with Gasteiger partial charge in [0.2, 0.25) is 0 Å². The first-order valence-corrected chi connectivity index (χ1v) is 11.3. The van der Waals surface area contributed by atoms with Crippen molar-refractivity contribution in [2.45, 2.75) is 53.0 Å². The fourth-order valence-electron chi connectivity index (χ4n) is 5.03. The molecule has 3 atom stereocenters. The number of amides is 1. The highest BCUT2D eigenvalue weighted by atomic mass is 16.1. The Labute approximate surface area is 171 Å². The molecule has 1 amide bonds. The highest BCUT2D eigenvalue weighted by Crippen LogP contribution is 2.21. The molecule has 0 aliphatic carbocycles. The summed E-state index contributed by atoms with van der Waals surface area (Å²) in [5, 5.41) is 3.09. The van der Waals surface area contributed by atoms with E-state index in [0.29, 0.717) is 0 Å². The molecule has 2 aliphatic heterocycles. The van der Waals surface area contributed by atoms with Crippen LogP contribution in [0, 0.1) is 17.8 Å². The first kappa shape index (κ1) is 21.3. The Morgan fingerprint density at radius 1 is 1.00 bits per heavy atom. The summed E-state index contributed by atoms with van der Waals surface area (Å²) in [5.74, 6) is 2.45. The Hall–Kier alpha value is -1.39. The van der Waals surface area contributed by atoms with Crippen LogP contribution in [0.3, 0.4) is 0 Å². The molecule has 0 spiro atoms. The van der Waals surface area contributed by atoms with Crippen LogP contribution in [-0.2, 0) is 6.54 Å². The second kappa shape index (κ2) is 10.4. The molecule has 0 saturated carbocycles. The topological polar surface area (TPSA) is 35.6 Å². The van der Waals surface area contributed by atoms with Crippen LogP contribution >= 0.6 is 0 Å². The Morgan fingerprint density at radius 2 is 1.68 bits per heavy atom. The summed E-state index contributed by atoms with van der Waals surface area (Å²) in [4.78, 5) is 17.5. The summed E-state index contributed by atoms with van der Waals surface area (Å²) in [7, 11) is 0. The molecule has 28 heavy (non-hydrogen) atoms. The molecule has 0 bridgehead atoms. The zero-order valence-corrected chi connectivity index (χ0v) is 18.1. The predicted octanol–water partition coefficient (Wildman–Crippen LogP) is 4.02. The Morgan fingerprint density at radius 3 is 2.36 bits per heavy atom. The molecule has 156 valence electrons. The smallest absolute Gasteiger partial charge is 0.251 e. The number of nitrogens with one attached hydrogen (secondary N) is 1. The van der Waals surface area contributed by atoms with Gasteiger partial charge in [-0.15, -0.1) is 0 Å². The van der Waals surface area contributed by atoms with Crippen molar-refractivity contribution in [3.05, 3.63) is 35.4 Å². The van der Waals surface area contributed by atoms with E-state index in [2.05, 4.69) is 48.0 Å². The molecule has 0 unspecified atom stereocenters. The van der Waals surface area contributed by atoms with Gasteiger partial charge in [-0.25, -0.2) is 0 Å². The molecule has 4 nitrogen and oxygen atoms in total. The molecule has 2 heterocycles. The minimum atomic E-state index is 0.0542. The van der Waals surface area contributed by atoms with Crippen molar-refractivity contribution in [3.8, 4) is 0 Å². The number of rotatable bonds is 7. The van der Waals surface area contributed by atoms with E-state index in [0.717, 1.165) is 49.4 Å². The van der Waals surface area contributed by atoms with Gasteiger partial charge >= 0.3 is 0 Å². The van der Waals surface area contributed by atoms with Crippen LogP contribution in [0.4, 0.5) is 0 Å². The fraction of sp³-hybridized carbons (Fsp3) is 0.708. The lowest BCUT2D eigenvalue weighted by Crippen LogP contribution is -2.40. The number of piperidine rings is 2. The number of carbonyl (C=O) groups is 1. The number of likely N-dealkylation sites (tertiary alicyclic amines) is 2. The summed E-state index contributed by atoms with van der Waals surface area (Å²) < 4.78 is 0. The molecule has 2 saturated heterocycles. The van der Waals surface area contributed by atoms with Gasteiger partial charge < -0.3 is 10.2 Å². The second-order valence-corrected chi connectivity index (χ2v) is 9.49. The number of hydrogen-bond acceptors (Lipinski definition) is 3. The SMILES string of the molecule is C[C@@H]1C[C@H](C)CN(CCCNC(=O)c2ccc(CN3CCC[C@H](C)C3)cc2)C1. The average molecular weight is 386 g/mol. The van der Waals surface area contributed by atoms with Gasteiger partial charge in [-0.2, -0.15) is 0 Å². The molecule has 0 aromatic heterocycles. The van der Waals surface area contributed by atoms with E-state index in [1.165, 1.54) is 51.0 Å². The van der Waals surface area contributed by atoms with Crippen LogP contribution < -0.4 is 5.32 Å². The van der Waals surface area contributed by atoms with Gasteiger partial charge in [-0.1, -0.05) is 32.9 Å². The van der Waals surface area contributed by atoms with Crippen LogP contribution in [0.5, 0.6) is 0 Å². The molecule has 0 radical (unpaired) electrons. The Bertz CT molecular complexity index is 605. The summed E-state index contributed by atoms with van der Waals surface area (Å²) in [6.07, 6.45) is 5.03. The summed E-state index contributed by atoms with van der Waals surface area (Å²) in [5.41, 5.74) is 2.08. The molecule has 2 fully saturated rings. The van der Waals surface area contributed by atoms with Crippen LogP contribution in [0.2, 0.25) is 0 Å². The van der Waals surface area contributed by atoms with Crippen molar-refractivity contribution < 1.29 is 4.79 Å². The van der Waals surface area contributed by atoms with Crippen molar-refractivity contribution in [1.29, 1.82) is 0 Å². The lowest BCUT2D eigenvalue weighted by molar-refractivity contribution is 0.0947. The molecule has 4 heteroatoms. The molecule has 1 aromatic carbocycles. The van der Waals surface area contributed by atoms with E-state index in [4.69, 9.17) is 0 Å². The van der Waals surface area contributed by atoms with Crippen LogP contribution in [0.25, 0.3) is 0 Å². The van der Waals surface area contributed by atoms with Crippen LogP contribution in [-0.4, -0.2) is 55.0 Å². The number of nitrogens with zero attached hydrogens (tertiary/aromatic N) is 2. The van der Waals surface area contributed by atoms with Gasteiger partial charge in [0.1, 0.15) is 0 Å². The Balaban J connectivity index is 1.37. The van der Waals surface area contributed by atoms with Crippen LogP contribution in [0.15, 0.2) is 24.3 Å². The van der Waals surface area contributed by atoms with E-state index in [9.17, 15) is 4.79 Å². The van der Waals surface area contributed by atoms with Gasteiger partial charge in [-0.3, -0.25) is 9.69 Å². The zero-order valence-electron chi connectivity index (χ0n) is 18.1. The van der Waals surface area contributed by atoms with E-state index in [1.54, 1.807) is 0 Å². The third-order valence-corrected chi connectivity index (χ3v) is 6.24. The third-order valence-electron chi connectivity index (χ3n) is 6.24. The summed E-state index contributed by atoms with van der Waals surface area (Å²) in [6.45, 7) is 14.7. The van der Waals surface area contributed by atoms with Gasteiger partial charge in [0, 0.05) is 38.3 Å². The van der Waals surface area contributed by atoms with Gasteiger partial charge in [0.25, 0.3) is 5.91 Å². The standard InChI is InChI=1S/C24H39N3O/c1-19-6-4-12-27(15-19)18-22-7-9-23(10-8-22)24(28)25-11-5-13-26-16-20(2)14-21(3)17-26/h7-10,19-21H,4-6,11-18H2,1-3H3,(H,25,28)/t19-,20-,21+/m0/s1. The predicted molar refractivity (Wildman–Crippen MR) is 116 cm³/mol. The fourth-order valence-corrected chi connectivity index (χ4v) is 5.03. The summed E-state index contributed by atoms with van der Waals surface area (Å²) in [6, 6.07) is 8.19. The van der Waals surface area contributed by atoms with Crippen molar-refractivity contribution in [1.82, 2.24) is 15.1 Å². The number of benzene rings is 1. The Kier molecular flexibility index (Phi) is 7.92. The lowest BCUT2D eigenvalue weighted by Gasteiger charge is -2.34. The highest BCUT2D eigenvalue weighted by molar-refractivity contribution is 5.94. The minimum Gasteiger partial charge on any atom is -0.352 e. The first-order chi connectivity index (χ1) is 13.5. The third kappa shape index (κ3) is 6.59. The van der Waals surface area contributed by atoms with Gasteiger partial charge in [0.15, 0.2) is 0 Å². The molecule has 3 rings (SSSR count). The highest BCUT2D eigenvalue weighted by Gasteiger charge is 2.21. The van der Waals surface area contributed by atoms with Crippen molar-refractivity contribution in [2.24, 2.45) is 17.8 Å². The quantitative estimate of drug-likeness (QED) is 0.720. The largest absolute Gasteiger partial charge is 0.352 e. The van der Waals surface area contributed by atoms with Crippen molar-refractivity contribution in [2.75, 3.05) is 39.3 Å². The first-order valence-electron chi connectivity index (χ1n) is 11.3. The van der Waals surface area contributed by atoms with E-state index in [-0.39, 0.29) is 5.91 Å². The van der Waals surface area contributed by atoms with Crippen LogP contribution in [0.1, 0.15) is 62.4 Å². The maximum atomic E-state index is 12.4. The molecule has 2 aliphatic rings. The molecular weight excluding hydrogens is 346 g/mol. The van der Waals surface area contributed by atoms with Gasteiger partial charge in [0.05, 0.1) is 0 Å². The summed E-state index contributed by atoms with van der Waals surface area (Å²) >= 11 is 0. The van der Waals surface area contributed by atoms with Crippen molar-refractivity contribution in [3.63, 3.8) is 0 Å². The molecule has 1 N–H and O–H groups in total. The molecular formula is C24H39N3O. The van der Waals surface area contributed by atoms with Crippen molar-refractivity contribution >= 4 is 5.91 Å². The lowest BCUT2D eigenvalue weighted by atomic mass is 9.92. The zero-order chi connectivity index (χ0) is 19.9. The maximum Gasteiger partial charge on any atom is 0.251 e. The minimum absolute atomic E-state index is 0.0542. The second-order valence-electron chi connectivity index (χ2n) is 9.49. The monoisotopic (exact) mass is 385 g/mol. The normalized spacial score (nSPS) is 26.9. The molecule has 1 aromatic rings. The van der Waals surface area contributed by atoms with Gasteiger partial charge in [-0.05, 0) is 74.2 Å². The van der Waals surface area contributed by atoms with E-state index < -0.39 is 0 Å². The van der Waals surface area contributed by atoms with E-state index >= 15 is 0 Å². The van der Waals surface area contributed by atoms with E-state index in [1.807, 2.05) is 12.1 Å². The number of hydrogen-bond donors (Lipinski definition) is 1. The number of carbonyl (C=O) groups excluding carboxylic acids is 1. The maximum absolute atomic E-state index is 12.4. The average Bonchev–Trinajstić information content (AvgIpc) is 2.65.